The minimum Gasteiger partial charge on any atom is -0.464 e. The lowest BCUT2D eigenvalue weighted by molar-refractivity contribution is -0.120. The first-order valence-electron chi connectivity index (χ1n) is 6.85. The second-order valence-corrected chi connectivity index (χ2v) is 5.32. The van der Waals surface area contributed by atoms with Crippen LogP contribution in [-0.4, -0.2) is 12.5 Å². The third-order valence-electron chi connectivity index (χ3n) is 3.19. The lowest BCUT2D eigenvalue weighted by Gasteiger charge is -2.06. The molecule has 0 aliphatic rings. The third kappa shape index (κ3) is 3.37. The minimum atomic E-state index is 0.0518. The van der Waals surface area contributed by atoms with Crippen LogP contribution >= 0.6 is 0 Å². The van der Waals surface area contributed by atoms with Crippen molar-refractivity contribution in [3.8, 4) is 0 Å². The van der Waals surface area contributed by atoms with E-state index < -0.39 is 0 Å². The van der Waals surface area contributed by atoms with Crippen LogP contribution in [-0.2, 0) is 17.6 Å². The van der Waals surface area contributed by atoms with Gasteiger partial charge in [0, 0.05) is 17.5 Å². The summed E-state index contributed by atoms with van der Waals surface area (Å²) in [5.74, 6) is 0.521. The van der Waals surface area contributed by atoms with Crippen LogP contribution < -0.4 is 5.32 Å². The summed E-state index contributed by atoms with van der Waals surface area (Å²) in [6.07, 6.45) is 3.06. The molecule has 0 radical (unpaired) electrons. The number of rotatable bonds is 5. The molecule has 0 bridgehead atoms. The molecule has 0 fully saturated rings. The van der Waals surface area contributed by atoms with Crippen LogP contribution in [0.15, 0.2) is 28.9 Å². The van der Waals surface area contributed by atoms with E-state index in [2.05, 4.69) is 32.2 Å². The Hall–Kier alpha value is -1.77. The highest BCUT2D eigenvalue weighted by molar-refractivity contribution is 5.87. The van der Waals surface area contributed by atoms with Gasteiger partial charge in [-0.05, 0) is 24.0 Å². The van der Waals surface area contributed by atoms with E-state index in [4.69, 9.17) is 4.42 Å². The standard InChI is InChI=1S/C16H21NO2/c1-4-12-5-6-14-13(10-19-15(14)7-12)8-16(18)17-9-11(2)3/h5-7,10-11H,4,8-9H2,1-3H3,(H,17,18). The van der Waals surface area contributed by atoms with Crippen molar-refractivity contribution in [3.63, 3.8) is 0 Å². The molecule has 0 unspecified atom stereocenters. The quantitative estimate of drug-likeness (QED) is 0.895. The molecule has 1 amide bonds. The molecular weight excluding hydrogens is 238 g/mol. The summed E-state index contributed by atoms with van der Waals surface area (Å²) >= 11 is 0. The summed E-state index contributed by atoms with van der Waals surface area (Å²) in [4.78, 5) is 11.8. The van der Waals surface area contributed by atoms with E-state index >= 15 is 0 Å². The van der Waals surface area contributed by atoms with Gasteiger partial charge in [0.15, 0.2) is 0 Å². The number of carbonyl (C=O) groups excluding carboxylic acids is 1. The van der Waals surface area contributed by atoms with Crippen LogP contribution in [0.3, 0.4) is 0 Å². The van der Waals surface area contributed by atoms with Crippen LogP contribution in [0, 0.1) is 5.92 Å². The van der Waals surface area contributed by atoms with Crippen LogP contribution in [0.2, 0.25) is 0 Å². The number of nitrogens with one attached hydrogen (secondary N) is 1. The van der Waals surface area contributed by atoms with Gasteiger partial charge in [-0.25, -0.2) is 0 Å². The number of amides is 1. The van der Waals surface area contributed by atoms with Crippen molar-refractivity contribution in [3.05, 3.63) is 35.6 Å². The van der Waals surface area contributed by atoms with E-state index in [0.717, 1.165) is 23.0 Å². The number of carbonyl (C=O) groups is 1. The molecule has 3 heteroatoms. The van der Waals surface area contributed by atoms with Crippen molar-refractivity contribution >= 4 is 16.9 Å². The fraction of sp³-hybridized carbons (Fsp3) is 0.438. The summed E-state index contributed by atoms with van der Waals surface area (Å²) in [6.45, 7) is 7.00. The Bertz CT molecular complexity index is 569. The van der Waals surface area contributed by atoms with E-state index in [1.165, 1.54) is 5.56 Å². The van der Waals surface area contributed by atoms with E-state index in [-0.39, 0.29) is 5.91 Å². The van der Waals surface area contributed by atoms with Gasteiger partial charge in [0.05, 0.1) is 12.7 Å². The SMILES string of the molecule is CCc1ccc2c(CC(=O)NCC(C)C)coc2c1. The Kier molecular flexibility index (Phi) is 4.25. The average molecular weight is 259 g/mol. The maximum atomic E-state index is 11.8. The molecule has 0 atom stereocenters. The molecule has 3 nitrogen and oxygen atoms in total. The molecule has 1 aromatic heterocycles. The van der Waals surface area contributed by atoms with Crippen LogP contribution in [0.25, 0.3) is 11.0 Å². The van der Waals surface area contributed by atoms with E-state index in [1.54, 1.807) is 6.26 Å². The summed E-state index contributed by atoms with van der Waals surface area (Å²) in [6, 6.07) is 6.18. The predicted molar refractivity (Wildman–Crippen MR) is 77.1 cm³/mol. The Morgan fingerprint density at radius 2 is 2.16 bits per heavy atom. The first-order chi connectivity index (χ1) is 9.10. The number of furan rings is 1. The van der Waals surface area contributed by atoms with Gasteiger partial charge >= 0.3 is 0 Å². The average Bonchev–Trinajstić information content (AvgIpc) is 2.78. The molecule has 0 aliphatic carbocycles. The molecule has 1 aromatic carbocycles. The lowest BCUT2D eigenvalue weighted by atomic mass is 10.1. The van der Waals surface area contributed by atoms with Gasteiger partial charge < -0.3 is 9.73 Å². The summed E-state index contributed by atoms with van der Waals surface area (Å²) in [5.41, 5.74) is 3.07. The number of benzene rings is 1. The number of aryl methyl sites for hydroxylation is 1. The molecule has 19 heavy (non-hydrogen) atoms. The Balaban J connectivity index is 2.11. The monoisotopic (exact) mass is 259 g/mol. The number of hydrogen-bond donors (Lipinski definition) is 1. The molecule has 1 N–H and O–H groups in total. The maximum Gasteiger partial charge on any atom is 0.224 e. The smallest absolute Gasteiger partial charge is 0.224 e. The molecule has 2 aromatic rings. The summed E-state index contributed by atoms with van der Waals surface area (Å²) < 4.78 is 5.54. The normalized spacial score (nSPS) is 11.2. The molecule has 1 heterocycles. The summed E-state index contributed by atoms with van der Waals surface area (Å²) in [7, 11) is 0. The zero-order chi connectivity index (χ0) is 13.8. The second-order valence-electron chi connectivity index (χ2n) is 5.32. The van der Waals surface area contributed by atoms with Crippen molar-refractivity contribution in [1.82, 2.24) is 5.32 Å². The zero-order valence-corrected chi connectivity index (χ0v) is 11.8. The molecule has 2 rings (SSSR count). The van der Waals surface area contributed by atoms with Crippen LogP contribution in [0.1, 0.15) is 31.9 Å². The molecule has 0 spiro atoms. The van der Waals surface area contributed by atoms with Crippen molar-refractivity contribution in [2.24, 2.45) is 5.92 Å². The van der Waals surface area contributed by atoms with Crippen LogP contribution in [0.4, 0.5) is 0 Å². The highest BCUT2D eigenvalue weighted by Gasteiger charge is 2.10. The van der Waals surface area contributed by atoms with Crippen molar-refractivity contribution < 1.29 is 9.21 Å². The first kappa shape index (κ1) is 13.7. The molecular formula is C16H21NO2. The van der Waals surface area contributed by atoms with Gasteiger partial charge in [-0.15, -0.1) is 0 Å². The number of hydrogen-bond acceptors (Lipinski definition) is 2. The van der Waals surface area contributed by atoms with Gasteiger partial charge in [-0.3, -0.25) is 4.79 Å². The highest BCUT2D eigenvalue weighted by Crippen LogP contribution is 2.23. The van der Waals surface area contributed by atoms with Gasteiger partial charge in [0.25, 0.3) is 0 Å². The third-order valence-corrected chi connectivity index (χ3v) is 3.19. The number of fused-ring (bicyclic) bond motifs is 1. The van der Waals surface area contributed by atoms with Gasteiger partial charge in [0.1, 0.15) is 5.58 Å². The minimum absolute atomic E-state index is 0.0518. The molecule has 0 aliphatic heterocycles. The van der Waals surface area contributed by atoms with Gasteiger partial charge in [0.2, 0.25) is 5.91 Å². The molecule has 0 saturated carbocycles. The van der Waals surface area contributed by atoms with Crippen molar-refractivity contribution in [1.29, 1.82) is 0 Å². The first-order valence-corrected chi connectivity index (χ1v) is 6.85. The largest absolute Gasteiger partial charge is 0.464 e. The second kappa shape index (κ2) is 5.91. The van der Waals surface area contributed by atoms with Gasteiger partial charge in [-0.2, -0.15) is 0 Å². The molecule has 102 valence electrons. The lowest BCUT2D eigenvalue weighted by Crippen LogP contribution is -2.28. The predicted octanol–water partition coefficient (Wildman–Crippen LogP) is 3.31. The van der Waals surface area contributed by atoms with Crippen molar-refractivity contribution in [2.45, 2.75) is 33.6 Å². The van der Waals surface area contributed by atoms with Gasteiger partial charge in [-0.1, -0.05) is 32.9 Å². The topological polar surface area (TPSA) is 42.2 Å². The maximum absolute atomic E-state index is 11.8. The van der Waals surface area contributed by atoms with E-state index in [1.807, 2.05) is 12.1 Å². The highest BCUT2D eigenvalue weighted by atomic mass is 16.3. The fourth-order valence-corrected chi connectivity index (χ4v) is 2.04. The van der Waals surface area contributed by atoms with Crippen LogP contribution in [0.5, 0.6) is 0 Å². The Morgan fingerprint density at radius 1 is 1.37 bits per heavy atom. The fourth-order valence-electron chi connectivity index (χ4n) is 2.04. The van der Waals surface area contributed by atoms with E-state index in [9.17, 15) is 4.79 Å². The van der Waals surface area contributed by atoms with E-state index in [0.29, 0.717) is 18.9 Å². The molecule has 0 saturated heterocycles. The summed E-state index contributed by atoms with van der Waals surface area (Å²) in [5, 5.41) is 3.97. The van der Waals surface area contributed by atoms with Crippen molar-refractivity contribution in [2.75, 3.05) is 6.54 Å². The zero-order valence-electron chi connectivity index (χ0n) is 11.8. The Labute approximate surface area is 114 Å². The Morgan fingerprint density at radius 3 is 2.84 bits per heavy atom.